The Kier molecular flexibility index (Phi) is 4.33. The van der Waals surface area contributed by atoms with E-state index in [2.05, 4.69) is 5.32 Å². The van der Waals surface area contributed by atoms with E-state index >= 15 is 0 Å². The van der Waals surface area contributed by atoms with Crippen LogP contribution in [0.25, 0.3) is 0 Å². The van der Waals surface area contributed by atoms with Gasteiger partial charge in [-0.2, -0.15) is 0 Å². The lowest BCUT2D eigenvalue weighted by atomic mass is 10.0. The van der Waals surface area contributed by atoms with Crippen molar-refractivity contribution in [2.24, 2.45) is 5.92 Å². The average molecular weight is 264 g/mol. The van der Waals surface area contributed by atoms with E-state index in [0.717, 1.165) is 0 Å². The Labute approximate surface area is 99.7 Å². The van der Waals surface area contributed by atoms with Crippen molar-refractivity contribution in [1.82, 2.24) is 10.2 Å². The van der Waals surface area contributed by atoms with Gasteiger partial charge in [0.2, 0.25) is 0 Å². The van der Waals surface area contributed by atoms with Gasteiger partial charge < -0.3 is 15.3 Å². The van der Waals surface area contributed by atoms with E-state index in [-0.39, 0.29) is 31.1 Å². The molecule has 17 heavy (non-hydrogen) atoms. The largest absolute Gasteiger partial charge is 0.481 e. The second-order valence-corrected chi connectivity index (χ2v) is 6.38. The highest BCUT2D eigenvalue weighted by Gasteiger charge is 2.35. The summed E-state index contributed by atoms with van der Waals surface area (Å²) in [6.07, 6.45) is 0. The van der Waals surface area contributed by atoms with E-state index in [1.54, 1.807) is 6.92 Å². The van der Waals surface area contributed by atoms with Gasteiger partial charge in [-0.3, -0.25) is 4.79 Å². The van der Waals surface area contributed by atoms with Crippen LogP contribution in [0.1, 0.15) is 6.92 Å². The summed E-state index contributed by atoms with van der Waals surface area (Å²) in [4.78, 5) is 23.2. The predicted octanol–water partition coefficient (Wildman–Crippen LogP) is -0.853. The maximum Gasteiger partial charge on any atom is 0.317 e. The van der Waals surface area contributed by atoms with Crippen LogP contribution in [0.15, 0.2) is 0 Å². The molecule has 7 nitrogen and oxygen atoms in total. The molecule has 0 bridgehead atoms. The second-order valence-electron chi connectivity index (χ2n) is 3.91. The molecule has 0 aromatic heterocycles. The lowest BCUT2D eigenvalue weighted by molar-refractivity contribution is -0.146. The molecular weight excluding hydrogens is 248 g/mol. The Bertz CT molecular complexity index is 400. The summed E-state index contributed by atoms with van der Waals surface area (Å²) < 4.78 is 22.3. The summed E-state index contributed by atoms with van der Waals surface area (Å²) in [5.74, 6) is -1.46. The number of sulfone groups is 1. The summed E-state index contributed by atoms with van der Waals surface area (Å²) in [6.45, 7) is 1.97. The van der Waals surface area contributed by atoms with Crippen molar-refractivity contribution in [2.45, 2.75) is 6.92 Å². The number of likely N-dealkylation sites (tertiary alicyclic amines) is 1. The molecule has 1 aliphatic rings. The SMILES string of the molecule is CCS(=O)(=O)CCNC(=O)N1CC(C(=O)O)C1. The summed E-state index contributed by atoms with van der Waals surface area (Å²) >= 11 is 0. The fraction of sp³-hybridized carbons (Fsp3) is 0.778. The molecule has 0 aromatic rings. The molecule has 1 aliphatic heterocycles. The monoisotopic (exact) mass is 264 g/mol. The summed E-state index contributed by atoms with van der Waals surface area (Å²) in [7, 11) is -3.08. The second kappa shape index (κ2) is 5.35. The van der Waals surface area contributed by atoms with Gasteiger partial charge in [-0.05, 0) is 0 Å². The average Bonchev–Trinajstić information content (AvgIpc) is 2.14. The van der Waals surface area contributed by atoms with Crippen LogP contribution in [0.4, 0.5) is 4.79 Å². The predicted molar refractivity (Wildman–Crippen MR) is 60.4 cm³/mol. The van der Waals surface area contributed by atoms with Gasteiger partial charge in [0.25, 0.3) is 0 Å². The molecule has 1 fully saturated rings. The van der Waals surface area contributed by atoms with Crippen LogP contribution in [0.3, 0.4) is 0 Å². The van der Waals surface area contributed by atoms with Gasteiger partial charge in [0.1, 0.15) is 0 Å². The first-order chi connectivity index (χ1) is 7.85. The van der Waals surface area contributed by atoms with Crippen LogP contribution in [0.2, 0.25) is 0 Å². The van der Waals surface area contributed by atoms with Crippen LogP contribution in [0.5, 0.6) is 0 Å². The zero-order chi connectivity index (χ0) is 13.1. The first-order valence-electron chi connectivity index (χ1n) is 5.31. The van der Waals surface area contributed by atoms with Gasteiger partial charge in [-0.1, -0.05) is 6.92 Å². The Morgan fingerprint density at radius 1 is 1.41 bits per heavy atom. The highest BCUT2D eigenvalue weighted by molar-refractivity contribution is 7.91. The summed E-state index contributed by atoms with van der Waals surface area (Å²) in [5, 5.41) is 11.1. The van der Waals surface area contributed by atoms with Crippen molar-refractivity contribution in [3.05, 3.63) is 0 Å². The molecule has 1 saturated heterocycles. The zero-order valence-electron chi connectivity index (χ0n) is 9.55. The van der Waals surface area contributed by atoms with Gasteiger partial charge in [0.05, 0.1) is 11.7 Å². The number of carbonyl (C=O) groups excluding carboxylic acids is 1. The maximum atomic E-state index is 11.4. The third kappa shape index (κ3) is 3.88. The molecule has 98 valence electrons. The fourth-order valence-electron chi connectivity index (χ4n) is 1.37. The number of nitrogens with one attached hydrogen (secondary N) is 1. The Morgan fingerprint density at radius 3 is 2.47 bits per heavy atom. The van der Waals surface area contributed by atoms with E-state index < -0.39 is 27.8 Å². The summed E-state index contributed by atoms with van der Waals surface area (Å²) in [5.41, 5.74) is 0. The van der Waals surface area contributed by atoms with Crippen molar-refractivity contribution >= 4 is 21.8 Å². The summed E-state index contributed by atoms with van der Waals surface area (Å²) in [6, 6.07) is -0.409. The number of amides is 2. The quantitative estimate of drug-likeness (QED) is 0.673. The standard InChI is InChI=1S/C9H16N2O5S/c1-2-17(15,16)4-3-10-9(14)11-5-7(6-11)8(12)13/h7H,2-6H2,1H3,(H,10,14)(H,12,13). The molecule has 1 heterocycles. The molecule has 0 spiro atoms. The van der Waals surface area contributed by atoms with Crippen LogP contribution in [-0.4, -0.2) is 61.6 Å². The molecular formula is C9H16N2O5S. The number of hydrogen-bond acceptors (Lipinski definition) is 4. The molecule has 0 aliphatic carbocycles. The molecule has 0 atom stereocenters. The van der Waals surface area contributed by atoms with E-state index in [1.165, 1.54) is 4.90 Å². The van der Waals surface area contributed by atoms with Crippen molar-refractivity contribution in [3.8, 4) is 0 Å². The van der Waals surface area contributed by atoms with E-state index in [0.29, 0.717) is 0 Å². The van der Waals surface area contributed by atoms with Crippen molar-refractivity contribution in [3.63, 3.8) is 0 Å². The van der Waals surface area contributed by atoms with Gasteiger partial charge in [0.15, 0.2) is 9.84 Å². The zero-order valence-corrected chi connectivity index (χ0v) is 10.4. The molecule has 8 heteroatoms. The Morgan fingerprint density at radius 2 is 2.00 bits per heavy atom. The van der Waals surface area contributed by atoms with Crippen molar-refractivity contribution in [1.29, 1.82) is 0 Å². The maximum absolute atomic E-state index is 11.4. The van der Waals surface area contributed by atoms with Gasteiger partial charge >= 0.3 is 12.0 Å². The van der Waals surface area contributed by atoms with E-state index in [1.807, 2.05) is 0 Å². The van der Waals surface area contributed by atoms with E-state index in [9.17, 15) is 18.0 Å². The molecule has 2 N–H and O–H groups in total. The minimum absolute atomic E-state index is 0.0493. The lowest BCUT2D eigenvalue weighted by Gasteiger charge is -2.36. The number of carboxylic acid groups (broad SMARTS) is 1. The topological polar surface area (TPSA) is 104 Å². The molecule has 2 amide bonds. The number of aliphatic carboxylic acids is 1. The number of hydrogen-bond donors (Lipinski definition) is 2. The van der Waals surface area contributed by atoms with Gasteiger partial charge in [0, 0.05) is 25.4 Å². The number of nitrogens with zero attached hydrogens (tertiary/aromatic N) is 1. The minimum Gasteiger partial charge on any atom is -0.481 e. The molecule has 0 saturated carbocycles. The number of carbonyl (C=O) groups is 2. The molecule has 0 radical (unpaired) electrons. The Balaban J connectivity index is 2.22. The van der Waals surface area contributed by atoms with Crippen molar-refractivity contribution < 1.29 is 23.1 Å². The Hall–Kier alpha value is -1.31. The number of carboxylic acids is 1. The van der Waals surface area contributed by atoms with Crippen LogP contribution in [0, 0.1) is 5.92 Å². The fourth-order valence-corrected chi connectivity index (χ4v) is 2.07. The lowest BCUT2D eigenvalue weighted by Crippen LogP contribution is -2.56. The molecule has 0 unspecified atom stereocenters. The first-order valence-corrected chi connectivity index (χ1v) is 7.14. The van der Waals surface area contributed by atoms with Crippen LogP contribution < -0.4 is 5.32 Å². The molecule has 0 aromatic carbocycles. The highest BCUT2D eigenvalue weighted by Crippen LogP contribution is 2.14. The highest BCUT2D eigenvalue weighted by atomic mass is 32.2. The third-order valence-electron chi connectivity index (χ3n) is 2.65. The normalized spacial score (nSPS) is 16.4. The minimum atomic E-state index is -3.08. The van der Waals surface area contributed by atoms with Gasteiger partial charge in [-0.25, -0.2) is 13.2 Å². The smallest absolute Gasteiger partial charge is 0.317 e. The van der Waals surface area contributed by atoms with Crippen LogP contribution >= 0.6 is 0 Å². The number of rotatable bonds is 5. The molecule has 1 rings (SSSR count). The third-order valence-corrected chi connectivity index (χ3v) is 4.35. The van der Waals surface area contributed by atoms with Gasteiger partial charge in [-0.15, -0.1) is 0 Å². The van der Waals surface area contributed by atoms with E-state index in [4.69, 9.17) is 5.11 Å². The van der Waals surface area contributed by atoms with Crippen LogP contribution in [-0.2, 0) is 14.6 Å². The first kappa shape index (κ1) is 13.8. The number of urea groups is 1. The van der Waals surface area contributed by atoms with Crippen molar-refractivity contribution in [2.75, 3.05) is 31.1 Å².